The average molecular weight is 272 g/mol. The number of hydrogen-bond donors (Lipinski definition) is 1. The molecule has 2 aromatic rings. The Morgan fingerprint density at radius 3 is 2.70 bits per heavy atom. The number of rotatable bonds is 4. The zero-order valence-corrected chi connectivity index (χ0v) is 11.6. The van der Waals surface area contributed by atoms with Gasteiger partial charge in [-0.2, -0.15) is 0 Å². The van der Waals surface area contributed by atoms with Crippen molar-refractivity contribution < 1.29 is 19.1 Å². The molecule has 4 nitrogen and oxygen atoms in total. The molecule has 20 heavy (non-hydrogen) atoms. The molecule has 0 bridgehead atoms. The van der Waals surface area contributed by atoms with Crippen LogP contribution in [0.3, 0.4) is 0 Å². The number of aryl methyl sites for hydroxylation is 1. The maximum Gasteiger partial charge on any atom is 0.328 e. The number of carboxylic acid groups (broad SMARTS) is 1. The van der Waals surface area contributed by atoms with Gasteiger partial charge in [-0.05, 0) is 43.7 Å². The van der Waals surface area contributed by atoms with Crippen molar-refractivity contribution in [2.45, 2.75) is 13.8 Å². The molecule has 0 spiro atoms. The molecule has 1 heterocycles. The van der Waals surface area contributed by atoms with Crippen molar-refractivity contribution >= 4 is 11.5 Å². The van der Waals surface area contributed by atoms with E-state index in [4.69, 9.17) is 14.3 Å². The molecule has 0 aliphatic heterocycles. The fraction of sp³-hybridized carbons (Fsp3) is 0.188. The van der Waals surface area contributed by atoms with Crippen LogP contribution in [-0.4, -0.2) is 18.2 Å². The highest BCUT2D eigenvalue weighted by molar-refractivity contribution is 5.88. The maximum atomic E-state index is 10.7. The molecule has 0 fully saturated rings. The minimum absolute atomic E-state index is 0.533. The third-order valence-corrected chi connectivity index (χ3v) is 2.96. The molecule has 0 unspecified atom stereocenters. The lowest BCUT2D eigenvalue weighted by Gasteiger charge is -2.07. The fourth-order valence-electron chi connectivity index (χ4n) is 1.97. The topological polar surface area (TPSA) is 59.7 Å². The summed E-state index contributed by atoms with van der Waals surface area (Å²) in [5, 5.41) is 8.75. The Hall–Kier alpha value is -2.49. The van der Waals surface area contributed by atoms with E-state index in [0.717, 1.165) is 23.0 Å². The predicted molar refractivity (Wildman–Crippen MR) is 76.7 cm³/mol. The molecule has 0 aliphatic carbocycles. The van der Waals surface area contributed by atoms with Crippen LogP contribution in [0.5, 0.6) is 5.75 Å². The Balaban J connectivity index is 2.43. The first-order valence-corrected chi connectivity index (χ1v) is 6.17. The summed E-state index contributed by atoms with van der Waals surface area (Å²) in [5.74, 6) is 0.912. The highest BCUT2D eigenvalue weighted by atomic mass is 16.5. The molecular weight excluding hydrogens is 256 g/mol. The number of benzene rings is 1. The molecule has 0 atom stereocenters. The number of aliphatic carboxylic acids is 1. The van der Waals surface area contributed by atoms with Gasteiger partial charge in [0.15, 0.2) is 0 Å². The van der Waals surface area contributed by atoms with Gasteiger partial charge in [-0.25, -0.2) is 4.79 Å². The summed E-state index contributed by atoms with van der Waals surface area (Å²) >= 11 is 0. The van der Waals surface area contributed by atoms with Crippen LogP contribution in [-0.2, 0) is 4.79 Å². The third kappa shape index (κ3) is 2.91. The Labute approximate surface area is 117 Å². The van der Waals surface area contributed by atoms with E-state index < -0.39 is 5.97 Å². The lowest BCUT2D eigenvalue weighted by Crippen LogP contribution is -1.89. The second-order valence-corrected chi connectivity index (χ2v) is 4.53. The van der Waals surface area contributed by atoms with Crippen molar-refractivity contribution in [3.8, 4) is 17.1 Å². The first-order valence-electron chi connectivity index (χ1n) is 6.17. The number of furan rings is 1. The summed E-state index contributed by atoms with van der Waals surface area (Å²) in [5.41, 5.74) is 2.51. The summed E-state index contributed by atoms with van der Waals surface area (Å²) in [6, 6.07) is 9.38. The van der Waals surface area contributed by atoms with E-state index in [1.54, 1.807) is 20.1 Å². The summed E-state index contributed by atoms with van der Waals surface area (Å²) in [6.07, 6.45) is 1.12. The van der Waals surface area contributed by atoms with E-state index in [1.807, 2.05) is 31.2 Å². The molecule has 1 N–H and O–H groups in total. The molecule has 1 aromatic carbocycles. The van der Waals surface area contributed by atoms with Gasteiger partial charge < -0.3 is 14.3 Å². The van der Waals surface area contributed by atoms with Crippen LogP contribution in [0.25, 0.3) is 16.9 Å². The Morgan fingerprint density at radius 2 is 2.05 bits per heavy atom. The first-order chi connectivity index (χ1) is 9.51. The van der Waals surface area contributed by atoms with Crippen LogP contribution < -0.4 is 4.74 Å². The van der Waals surface area contributed by atoms with E-state index in [-0.39, 0.29) is 0 Å². The number of carboxylic acids is 1. The van der Waals surface area contributed by atoms with Crippen LogP contribution >= 0.6 is 0 Å². The summed E-state index contributed by atoms with van der Waals surface area (Å²) < 4.78 is 11.0. The van der Waals surface area contributed by atoms with Gasteiger partial charge in [-0.3, -0.25) is 0 Å². The highest BCUT2D eigenvalue weighted by Crippen LogP contribution is 2.33. The minimum Gasteiger partial charge on any atom is -0.496 e. The number of hydrogen-bond acceptors (Lipinski definition) is 3. The van der Waals surface area contributed by atoms with E-state index in [0.29, 0.717) is 17.1 Å². The van der Waals surface area contributed by atoms with Gasteiger partial charge >= 0.3 is 5.97 Å². The van der Waals surface area contributed by atoms with Crippen molar-refractivity contribution in [3.05, 3.63) is 47.7 Å². The van der Waals surface area contributed by atoms with Gasteiger partial charge in [0.25, 0.3) is 0 Å². The monoisotopic (exact) mass is 272 g/mol. The number of carbonyl (C=O) groups is 1. The SMILES string of the molecule is COc1ccc(C)cc1-c1ccc(/C(C)=C/C(=O)O)o1. The maximum absolute atomic E-state index is 10.7. The van der Waals surface area contributed by atoms with E-state index >= 15 is 0 Å². The van der Waals surface area contributed by atoms with Crippen molar-refractivity contribution in [3.63, 3.8) is 0 Å². The standard InChI is InChI=1S/C16H16O4/c1-10-4-5-14(19-3)12(8-10)15-7-6-13(20-15)11(2)9-16(17)18/h4-9H,1-3H3,(H,17,18)/b11-9+. The molecular formula is C16H16O4. The van der Waals surface area contributed by atoms with Crippen LogP contribution in [0.2, 0.25) is 0 Å². The van der Waals surface area contributed by atoms with Gasteiger partial charge in [0.2, 0.25) is 0 Å². The zero-order chi connectivity index (χ0) is 14.7. The van der Waals surface area contributed by atoms with Crippen molar-refractivity contribution in [2.75, 3.05) is 7.11 Å². The third-order valence-electron chi connectivity index (χ3n) is 2.96. The van der Waals surface area contributed by atoms with Crippen molar-refractivity contribution in [2.24, 2.45) is 0 Å². The zero-order valence-electron chi connectivity index (χ0n) is 11.6. The quantitative estimate of drug-likeness (QED) is 0.861. The Morgan fingerprint density at radius 1 is 1.30 bits per heavy atom. The first kappa shape index (κ1) is 13.9. The molecule has 0 amide bonds. The second-order valence-electron chi connectivity index (χ2n) is 4.53. The van der Waals surface area contributed by atoms with Crippen LogP contribution in [0.15, 0.2) is 40.8 Å². The lowest BCUT2D eigenvalue weighted by molar-refractivity contribution is -0.131. The lowest BCUT2D eigenvalue weighted by atomic mass is 10.1. The molecule has 2 rings (SSSR count). The van der Waals surface area contributed by atoms with Crippen molar-refractivity contribution in [1.29, 1.82) is 0 Å². The van der Waals surface area contributed by atoms with Gasteiger partial charge in [-0.15, -0.1) is 0 Å². The van der Waals surface area contributed by atoms with Gasteiger partial charge in [0, 0.05) is 6.08 Å². The molecule has 0 radical (unpaired) electrons. The minimum atomic E-state index is -0.992. The van der Waals surface area contributed by atoms with Gasteiger partial charge in [0.05, 0.1) is 12.7 Å². The molecule has 1 aromatic heterocycles. The van der Waals surface area contributed by atoms with Gasteiger partial charge in [-0.1, -0.05) is 11.6 Å². The van der Waals surface area contributed by atoms with Crippen molar-refractivity contribution in [1.82, 2.24) is 0 Å². The number of ether oxygens (including phenoxy) is 1. The van der Waals surface area contributed by atoms with E-state index in [9.17, 15) is 4.79 Å². The van der Waals surface area contributed by atoms with Crippen LogP contribution in [0.4, 0.5) is 0 Å². The van der Waals surface area contributed by atoms with Crippen LogP contribution in [0, 0.1) is 6.92 Å². The predicted octanol–water partition coefficient (Wildman–Crippen LogP) is 3.75. The molecule has 0 saturated heterocycles. The molecule has 0 aliphatic rings. The van der Waals surface area contributed by atoms with E-state index in [1.165, 1.54) is 0 Å². The number of methoxy groups -OCH3 is 1. The smallest absolute Gasteiger partial charge is 0.328 e. The van der Waals surface area contributed by atoms with Crippen LogP contribution in [0.1, 0.15) is 18.2 Å². The largest absolute Gasteiger partial charge is 0.496 e. The average Bonchev–Trinajstić information content (AvgIpc) is 2.87. The summed E-state index contributed by atoms with van der Waals surface area (Å²) in [6.45, 7) is 3.69. The second kappa shape index (κ2) is 5.65. The molecule has 4 heteroatoms. The highest BCUT2D eigenvalue weighted by Gasteiger charge is 2.11. The fourth-order valence-corrected chi connectivity index (χ4v) is 1.97. The summed E-state index contributed by atoms with van der Waals surface area (Å²) in [7, 11) is 1.60. The number of allylic oxidation sites excluding steroid dienone is 1. The Kier molecular flexibility index (Phi) is 3.94. The normalized spacial score (nSPS) is 11.4. The summed E-state index contributed by atoms with van der Waals surface area (Å²) in [4.78, 5) is 10.7. The van der Waals surface area contributed by atoms with Gasteiger partial charge in [0.1, 0.15) is 17.3 Å². The van der Waals surface area contributed by atoms with E-state index in [2.05, 4.69) is 0 Å². The molecule has 104 valence electrons. The molecule has 0 saturated carbocycles. The Bertz CT molecular complexity index is 665.